The first kappa shape index (κ1) is 12.9. The van der Waals surface area contributed by atoms with Crippen LogP contribution in [0.1, 0.15) is 23.6 Å². The average molecular weight is 270 g/mol. The van der Waals surface area contributed by atoms with Crippen molar-refractivity contribution in [2.45, 2.75) is 25.4 Å². The lowest BCUT2D eigenvalue weighted by Crippen LogP contribution is -2.21. The molecule has 0 saturated heterocycles. The van der Waals surface area contributed by atoms with Crippen LogP contribution in [0.4, 0.5) is 0 Å². The third-order valence-electron chi connectivity index (χ3n) is 3.74. The van der Waals surface area contributed by atoms with E-state index < -0.39 is 0 Å². The van der Waals surface area contributed by atoms with Gasteiger partial charge in [0.05, 0.1) is 6.54 Å². The minimum atomic E-state index is -0.00368. The highest BCUT2D eigenvalue weighted by Gasteiger charge is 2.18. The maximum absolute atomic E-state index is 11.5. The lowest BCUT2D eigenvalue weighted by molar-refractivity contribution is 0.296. The highest BCUT2D eigenvalue weighted by molar-refractivity contribution is 5.40. The first-order chi connectivity index (χ1) is 9.74. The molecule has 3 rings (SSSR count). The summed E-state index contributed by atoms with van der Waals surface area (Å²) in [6.07, 6.45) is 3.80. The number of fused-ring (bicyclic) bond motifs is 1. The molecular formula is C16H18N2O2. The van der Waals surface area contributed by atoms with Crippen LogP contribution in [-0.2, 0) is 13.0 Å². The van der Waals surface area contributed by atoms with Crippen LogP contribution in [0, 0.1) is 0 Å². The van der Waals surface area contributed by atoms with Gasteiger partial charge in [-0.25, -0.2) is 0 Å². The molecule has 2 aromatic rings. The predicted molar refractivity (Wildman–Crippen MR) is 77.9 cm³/mol. The molecule has 20 heavy (non-hydrogen) atoms. The van der Waals surface area contributed by atoms with Crippen LogP contribution in [0.5, 0.6) is 5.75 Å². The quantitative estimate of drug-likeness (QED) is 0.922. The van der Waals surface area contributed by atoms with Crippen LogP contribution in [0.15, 0.2) is 47.4 Å². The molecule has 0 saturated carbocycles. The summed E-state index contributed by atoms with van der Waals surface area (Å²) in [5.74, 6) is 0.849. The first-order valence-corrected chi connectivity index (χ1v) is 6.91. The Balaban J connectivity index is 1.62. The normalized spacial score (nSPS) is 16.9. The van der Waals surface area contributed by atoms with Crippen molar-refractivity contribution >= 4 is 0 Å². The second-order valence-electron chi connectivity index (χ2n) is 5.09. The molecule has 0 amide bonds. The number of aryl methyl sites for hydroxylation is 1. The molecule has 0 unspecified atom stereocenters. The van der Waals surface area contributed by atoms with Crippen LogP contribution >= 0.6 is 0 Å². The minimum absolute atomic E-state index is 0.00368. The SMILES string of the molecule is N[C@H]1CCc2cc(OCCn3ccccc3=O)ccc21. The van der Waals surface area contributed by atoms with Crippen LogP contribution < -0.4 is 16.0 Å². The zero-order valence-electron chi connectivity index (χ0n) is 11.3. The maximum Gasteiger partial charge on any atom is 0.250 e. The molecule has 0 spiro atoms. The zero-order chi connectivity index (χ0) is 13.9. The van der Waals surface area contributed by atoms with Gasteiger partial charge in [-0.1, -0.05) is 12.1 Å². The van der Waals surface area contributed by atoms with Crippen molar-refractivity contribution in [2.75, 3.05) is 6.61 Å². The van der Waals surface area contributed by atoms with E-state index in [1.54, 1.807) is 22.9 Å². The van der Waals surface area contributed by atoms with Crippen molar-refractivity contribution in [3.05, 3.63) is 64.1 Å². The number of ether oxygens (including phenoxy) is 1. The number of rotatable bonds is 4. The number of hydrogen-bond acceptors (Lipinski definition) is 3. The first-order valence-electron chi connectivity index (χ1n) is 6.91. The molecule has 0 aliphatic heterocycles. The highest BCUT2D eigenvalue weighted by Crippen LogP contribution is 2.31. The second kappa shape index (κ2) is 5.51. The average Bonchev–Trinajstić information content (AvgIpc) is 2.82. The van der Waals surface area contributed by atoms with Gasteiger partial charge in [0, 0.05) is 18.3 Å². The summed E-state index contributed by atoms with van der Waals surface area (Å²) in [7, 11) is 0. The predicted octanol–water partition coefficient (Wildman–Crippen LogP) is 1.87. The van der Waals surface area contributed by atoms with Gasteiger partial charge in [-0.15, -0.1) is 0 Å². The van der Waals surface area contributed by atoms with E-state index in [4.69, 9.17) is 10.5 Å². The molecule has 4 nitrogen and oxygen atoms in total. The number of aromatic nitrogens is 1. The molecule has 4 heteroatoms. The third kappa shape index (κ3) is 2.60. The summed E-state index contributed by atoms with van der Waals surface area (Å²) in [6, 6.07) is 11.4. The van der Waals surface area contributed by atoms with Gasteiger partial charge < -0.3 is 15.0 Å². The van der Waals surface area contributed by atoms with Gasteiger partial charge in [0.2, 0.25) is 0 Å². The lowest BCUT2D eigenvalue weighted by atomic mass is 10.1. The standard InChI is InChI=1S/C16H18N2O2/c17-15-7-4-12-11-13(5-6-14(12)15)20-10-9-18-8-2-1-3-16(18)19/h1-3,5-6,8,11,15H,4,7,9-10,17H2/t15-/m0/s1. The van der Waals surface area contributed by atoms with Crippen molar-refractivity contribution in [2.24, 2.45) is 5.73 Å². The Labute approximate surface area is 117 Å². The van der Waals surface area contributed by atoms with E-state index in [2.05, 4.69) is 12.1 Å². The van der Waals surface area contributed by atoms with E-state index >= 15 is 0 Å². The summed E-state index contributed by atoms with van der Waals surface area (Å²) in [6.45, 7) is 1.03. The number of nitrogens with zero attached hydrogens (tertiary/aromatic N) is 1. The monoisotopic (exact) mass is 270 g/mol. The lowest BCUT2D eigenvalue weighted by Gasteiger charge is -2.10. The Morgan fingerprint density at radius 2 is 2.20 bits per heavy atom. The van der Waals surface area contributed by atoms with E-state index in [1.807, 2.05) is 12.1 Å². The van der Waals surface area contributed by atoms with Gasteiger partial charge in [-0.2, -0.15) is 0 Å². The van der Waals surface area contributed by atoms with Gasteiger partial charge in [-0.05, 0) is 42.2 Å². The Hall–Kier alpha value is -2.07. The van der Waals surface area contributed by atoms with E-state index in [0.717, 1.165) is 18.6 Å². The van der Waals surface area contributed by atoms with Crippen LogP contribution in [0.25, 0.3) is 0 Å². The van der Waals surface area contributed by atoms with Crippen LogP contribution in [0.3, 0.4) is 0 Å². The molecule has 0 fully saturated rings. The molecule has 104 valence electrons. The third-order valence-corrected chi connectivity index (χ3v) is 3.74. The van der Waals surface area contributed by atoms with Gasteiger partial charge in [0.15, 0.2) is 0 Å². The minimum Gasteiger partial charge on any atom is -0.492 e. The molecule has 1 aromatic heterocycles. The number of pyridine rings is 1. The summed E-state index contributed by atoms with van der Waals surface area (Å²) in [5, 5.41) is 0. The molecular weight excluding hydrogens is 252 g/mol. The fraction of sp³-hybridized carbons (Fsp3) is 0.312. The summed E-state index contributed by atoms with van der Waals surface area (Å²) >= 11 is 0. The number of nitrogens with two attached hydrogens (primary N) is 1. The molecule has 1 heterocycles. The zero-order valence-corrected chi connectivity index (χ0v) is 11.3. The summed E-state index contributed by atoms with van der Waals surface area (Å²) in [5.41, 5.74) is 8.52. The Morgan fingerprint density at radius 1 is 1.30 bits per heavy atom. The van der Waals surface area contributed by atoms with E-state index in [9.17, 15) is 4.79 Å². The van der Waals surface area contributed by atoms with Crippen molar-refractivity contribution in [1.82, 2.24) is 4.57 Å². The molecule has 1 aromatic carbocycles. The Kier molecular flexibility index (Phi) is 3.56. The van der Waals surface area contributed by atoms with Crippen molar-refractivity contribution in [1.29, 1.82) is 0 Å². The van der Waals surface area contributed by atoms with E-state index in [1.165, 1.54) is 11.1 Å². The topological polar surface area (TPSA) is 57.2 Å². The van der Waals surface area contributed by atoms with Crippen LogP contribution in [-0.4, -0.2) is 11.2 Å². The number of hydrogen-bond donors (Lipinski definition) is 1. The van der Waals surface area contributed by atoms with Crippen molar-refractivity contribution in [3.8, 4) is 5.75 Å². The van der Waals surface area contributed by atoms with Gasteiger partial charge in [-0.3, -0.25) is 4.79 Å². The molecule has 1 atom stereocenters. The smallest absolute Gasteiger partial charge is 0.250 e. The van der Waals surface area contributed by atoms with E-state index in [0.29, 0.717) is 13.2 Å². The van der Waals surface area contributed by atoms with Gasteiger partial charge in [0.25, 0.3) is 5.56 Å². The Bertz CT molecular complexity index is 664. The van der Waals surface area contributed by atoms with Gasteiger partial charge >= 0.3 is 0 Å². The van der Waals surface area contributed by atoms with Crippen molar-refractivity contribution < 1.29 is 4.74 Å². The molecule has 0 bridgehead atoms. The molecule has 2 N–H and O–H groups in total. The largest absolute Gasteiger partial charge is 0.492 e. The fourth-order valence-corrected chi connectivity index (χ4v) is 2.62. The highest BCUT2D eigenvalue weighted by atomic mass is 16.5. The van der Waals surface area contributed by atoms with Crippen molar-refractivity contribution in [3.63, 3.8) is 0 Å². The second-order valence-corrected chi connectivity index (χ2v) is 5.09. The number of benzene rings is 1. The van der Waals surface area contributed by atoms with E-state index in [-0.39, 0.29) is 11.6 Å². The Morgan fingerprint density at radius 3 is 3.05 bits per heavy atom. The summed E-state index contributed by atoms with van der Waals surface area (Å²) < 4.78 is 7.37. The summed E-state index contributed by atoms with van der Waals surface area (Å²) in [4.78, 5) is 11.5. The van der Waals surface area contributed by atoms with Gasteiger partial charge in [0.1, 0.15) is 12.4 Å². The maximum atomic E-state index is 11.5. The van der Waals surface area contributed by atoms with Crippen LogP contribution in [0.2, 0.25) is 0 Å². The molecule has 0 radical (unpaired) electrons. The molecule has 1 aliphatic carbocycles. The fourth-order valence-electron chi connectivity index (χ4n) is 2.62. The molecule has 1 aliphatic rings.